The van der Waals surface area contributed by atoms with Crippen molar-refractivity contribution in [2.75, 3.05) is 5.32 Å². The minimum absolute atomic E-state index is 0.460. The zero-order valence-corrected chi connectivity index (χ0v) is 13.6. The van der Waals surface area contributed by atoms with E-state index >= 15 is 0 Å². The average molecular weight is 326 g/mol. The third-order valence-electron chi connectivity index (χ3n) is 2.56. The lowest BCUT2D eigenvalue weighted by Gasteiger charge is -2.12. The van der Waals surface area contributed by atoms with E-state index in [1.165, 1.54) is 10.9 Å². The smallest absolute Gasteiger partial charge is 0.235 e. The summed E-state index contributed by atoms with van der Waals surface area (Å²) in [7, 11) is 0. The van der Waals surface area contributed by atoms with Gasteiger partial charge >= 0.3 is 0 Å². The first-order valence-corrected chi connectivity index (χ1v) is 7.29. The summed E-state index contributed by atoms with van der Waals surface area (Å²) in [6.07, 6.45) is 4.00. The summed E-state index contributed by atoms with van der Waals surface area (Å²) in [5.41, 5.74) is 1.51. The van der Waals surface area contributed by atoms with Gasteiger partial charge in [-0.3, -0.25) is 4.79 Å². The van der Waals surface area contributed by atoms with Gasteiger partial charge in [0.25, 0.3) is 0 Å². The fourth-order valence-electron chi connectivity index (χ4n) is 1.64. The van der Waals surface area contributed by atoms with Crippen LogP contribution in [-0.2, 0) is 4.79 Å². The maximum Gasteiger partial charge on any atom is 0.235 e. The van der Waals surface area contributed by atoms with Gasteiger partial charge in [-0.05, 0) is 13.0 Å². The molecule has 0 aliphatic carbocycles. The normalized spacial score (nSPS) is 10.6. The van der Waals surface area contributed by atoms with E-state index in [0.29, 0.717) is 22.3 Å². The Bertz CT molecular complexity index is 636. The summed E-state index contributed by atoms with van der Waals surface area (Å²) in [5.74, 6) is 0.555. The van der Waals surface area contributed by atoms with E-state index in [2.05, 4.69) is 10.4 Å². The van der Waals surface area contributed by atoms with Gasteiger partial charge in [0.2, 0.25) is 6.41 Å². The van der Waals surface area contributed by atoms with Crippen LogP contribution in [0.1, 0.15) is 26.3 Å². The highest BCUT2D eigenvalue weighted by Crippen LogP contribution is 2.30. The topological polar surface area (TPSA) is 46.9 Å². The van der Waals surface area contributed by atoms with E-state index in [4.69, 9.17) is 23.2 Å². The van der Waals surface area contributed by atoms with Crippen molar-refractivity contribution >= 4 is 41.1 Å². The molecule has 112 valence electrons. The molecule has 0 aliphatic rings. The summed E-state index contributed by atoms with van der Waals surface area (Å²) < 4.78 is 1.20. The second-order valence-corrected chi connectivity index (χ2v) is 4.48. The van der Waals surface area contributed by atoms with Gasteiger partial charge in [-0.25, -0.2) is 0 Å². The molecule has 0 unspecified atom stereocenters. The Balaban J connectivity index is 0.00000106. The quantitative estimate of drug-likeness (QED) is 0.827. The summed E-state index contributed by atoms with van der Waals surface area (Å²) in [6, 6.07) is 7.07. The highest BCUT2D eigenvalue weighted by atomic mass is 35.5. The van der Waals surface area contributed by atoms with Crippen molar-refractivity contribution in [2.45, 2.75) is 20.8 Å². The Labute approximate surface area is 134 Å². The first-order valence-electron chi connectivity index (χ1n) is 6.54. The van der Waals surface area contributed by atoms with Crippen molar-refractivity contribution in [1.82, 2.24) is 9.78 Å². The van der Waals surface area contributed by atoms with E-state index < -0.39 is 0 Å². The van der Waals surface area contributed by atoms with Crippen LogP contribution in [0.2, 0.25) is 10.0 Å². The minimum atomic E-state index is 0.460. The van der Waals surface area contributed by atoms with E-state index in [9.17, 15) is 4.79 Å². The van der Waals surface area contributed by atoms with Crippen LogP contribution in [0, 0.1) is 0 Å². The molecular weight excluding hydrogens is 309 g/mol. The van der Waals surface area contributed by atoms with Crippen LogP contribution in [0.15, 0.2) is 36.5 Å². The van der Waals surface area contributed by atoms with Gasteiger partial charge < -0.3 is 5.32 Å². The molecule has 1 N–H and O–H groups in total. The van der Waals surface area contributed by atoms with Crippen molar-refractivity contribution in [3.8, 4) is 0 Å². The molecule has 0 atom stereocenters. The van der Waals surface area contributed by atoms with Gasteiger partial charge in [0.05, 0.1) is 16.2 Å². The largest absolute Gasteiger partial charge is 0.340 e. The third kappa shape index (κ3) is 4.09. The summed E-state index contributed by atoms with van der Waals surface area (Å²) in [6.45, 7) is 5.86. The van der Waals surface area contributed by atoms with Gasteiger partial charge in [0, 0.05) is 17.3 Å². The Morgan fingerprint density at radius 3 is 2.62 bits per heavy atom. The molecule has 4 nitrogen and oxygen atoms in total. The number of allylic oxidation sites excluding steroid dienone is 1. The first-order chi connectivity index (χ1) is 10.2. The molecular formula is C15H17Cl2N3O. The molecule has 1 heterocycles. The average Bonchev–Trinajstić information content (AvgIpc) is 2.97. The van der Waals surface area contributed by atoms with E-state index in [1.807, 2.05) is 39.0 Å². The van der Waals surface area contributed by atoms with E-state index in [0.717, 1.165) is 11.3 Å². The lowest BCUT2D eigenvalue weighted by atomic mass is 10.1. The molecule has 0 bridgehead atoms. The van der Waals surface area contributed by atoms with Gasteiger partial charge in [-0.1, -0.05) is 55.3 Å². The van der Waals surface area contributed by atoms with Crippen LogP contribution < -0.4 is 5.32 Å². The van der Waals surface area contributed by atoms with Crippen LogP contribution in [0.25, 0.3) is 5.70 Å². The van der Waals surface area contributed by atoms with E-state index in [1.54, 1.807) is 12.1 Å². The predicted molar refractivity (Wildman–Crippen MR) is 89.5 cm³/mol. The number of carbonyl (C=O) groups excluding carboxylic acids is 1. The Kier molecular flexibility index (Phi) is 6.99. The number of hydrogen-bond donors (Lipinski definition) is 1. The molecule has 1 aromatic carbocycles. The van der Waals surface area contributed by atoms with Gasteiger partial charge in [-0.2, -0.15) is 9.78 Å². The maximum atomic E-state index is 10.8. The second kappa shape index (κ2) is 8.49. The molecule has 1 aromatic heterocycles. The van der Waals surface area contributed by atoms with Crippen molar-refractivity contribution in [3.05, 3.63) is 52.1 Å². The number of halogens is 2. The number of rotatable bonds is 4. The van der Waals surface area contributed by atoms with Crippen LogP contribution in [0.5, 0.6) is 0 Å². The fraction of sp³-hybridized carbons (Fsp3) is 0.200. The number of anilines is 1. The summed E-state index contributed by atoms with van der Waals surface area (Å²) in [5, 5.41) is 7.89. The first kappa shape index (κ1) is 17.3. The standard InChI is InChI=1S/C13H11Cl2N3O.C2H6/c1-2-11(9-4-3-5-10(14)13(9)15)17-12-6-7-16-18(12)8-19;1-2/h2-8,17H,1H3;1-2H3/b11-2-;. The minimum Gasteiger partial charge on any atom is -0.340 e. The zero-order chi connectivity index (χ0) is 15.8. The molecule has 0 fully saturated rings. The highest BCUT2D eigenvalue weighted by Gasteiger charge is 2.10. The van der Waals surface area contributed by atoms with E-state index in [-0.39, 0.29) is 0 Å². The highest BCUT2D eigenvalue weighted by molar-refractivity contribution is 6.43. The molecule has 0 radical (unpaired) electrons. The maximum absolute atomic E-state index is 10.8. The molecule has 2 rings (SSSR count). The van der Waals surface area contributed by atoms with Crippen LogP contribution >= 0.6 is 23.2 Å². The van der Waals surface area contributed by atoms with Crippen LogP contribution in [0.4, 0.5) is 5.82 Å². The van der Waals surface area contributed by atoms with Crippen molar-refractivity contribution in [2.24, 2.45) is 0 Å². The molecule has 2 aromatic rings. The zero-order valence-electron chi connectivity index (χ0n) is 12.1. The van der Waals surface area contributed by atoms with Crippen molar-refractivity contribution in [1.29, 1.82) is 0 Å². The number of aromatic nitrogens is 2. The molecule has 0 aliphatic heterocycles. The number of hydrogen-bond acceptors (Lipinski definition) is 3. The Morgan fingerprint density at radius 2 is 2.00 bits per heavy atom. The lowest BCUT2D eigenvalue weighted by Crippen LogP contribution is -2.06. The van der Waals surface area contributed by atoms with Crippen LogP contribution in [0.3, 0.4) is 0 Å². The van der Waals surface area contributed by atoms with Crippen molar-refractivity contribution < 1.29 is 4.79 Å². The predicted octanol–water partition coefficient (Wildman–Crippen LogP) is 4.73. The fourth-order valence-corrected chi connectivity index (χ4v) is 2.04. The number of nitrogens with zero attached hydrogens (tertiary/aromatic N) is 2. The van der Waals surface area contributed by atoms with Crippen molar-refractivity contribution in [3.63, 3.8) is 0 Å². The van der Waals surface area contributed by atoms with Gasteiger partial charge in [0.1, 0.15) is 5.82 Å². The summed E-state index contributed by atoms with van der Waals surface area (Å²) >= 11 is 12.2. The third-order valence-corrected chi connectivity index (χ3v) is 3.38. The summed E-state index contributed by atoms with van der Waals surface area (Å²) in [4.78, 5) is 10.8. The SMILES string of the molecule is C/C=C(\Nc1ccnn1C=O)c1cccc(Cl)c1Cl.CC. The number of nitrogens with one attached hydrogen (secondary N) is 1. The second-order valence-electron chi connectivity index (χ2n) is 3.70. The molecule has 6 heteroatoms. The van der Waals surface area contributed by atoms with Gasteiger partial charge in [-0.15, -0.1) is 0 Å². The molecule has 21 heavy (non-hydrogen) atoms. The lowest BCUT2D eigenvalue weighted by molar-refractivity contribution is 0.541. The molecule has 0 spiro atoms. The monoisotopic (exact) mass is 325 g/mol. The Hall–Kier alpha value is -1.78. The molecule has 0 saturated carbocycles. The molecule has 0 saturated heterocycles. The van der Waals surface area contributed by atoms with Crippen LogP contribution in [-0.4, -0.2) is 16.2 Å². The van der Waals surface area contributed by atoms with Gasteiger partial charge in [0.15, 0.2) is 0 Å². The number of carbonyl (C=O) groups is 1. The Morgan fingerprint density at radius 1 is 1.29 bits per heavy atom. The number of benzene rings is 1. The molecule has 0 amide bonds.